The molecule has 0 aromatic carbocycles. The average molecular weight is 227 g/mol. The number of rotatable bonds is 6. The van der Waals surface area contributed by atoms with E-state index in [0.29, 0.717) is 0 Å². The molecule has 1 aliphatic heterocycles. The van der Waals surface area contributed by atoms with Crippen LogP contribution in [0.4, 0.5) is 4.79 Å². The van der Waals surface area contributed by atoms with Crippen molar-refractivity contribution in [2.45, 2.75) is 44.9 Å². The Kier molecular flexibility index (Phi) is 6.97. The molecule has 0 saturated carbocycles. The van der Waals surface area contributed by atoms with Crippen molar-refractivity contribution in [1.29, 1.82) is 0 Å². The smallest absolute Gasteiger partial charge is 0.317 e. The Hall–Kier alpha value is -0.770. The highest BCUT2D eigenvalue weighted by atomic mass is 16.2. The van der Waals surface area contributed by atoms with Crippen LogP contribution in [0.3, 0.4) is 0 Å². The summed E-state index contributed by atoms with van der Waals surface area (Å²) >= 11 is 0. The number of likely N-dealkylation sites (tertiary alicyclic amines) is 1. The number of nitrogens with two attached hydrogens (primary N) is 1. The Morgan fingerprint density at radius 1 is 1.06 bits per heavy atom. The zero-order chi connectivity index (χ0) is 11.6. The van der Waals surface area contributed by atoms with Crippen molar-refractivity contribution in [2.24, 2.45) is 5.73 Å². The van der Waals surface area contributed by atoms with Crippen LogP contribution >= 0.6 is 0 Å². The highest BCUT2D eigenvalue weighted by Crippen LogP contribution is 2.08. The first kappa shape index (κ1) is 13.3. The van der Waals surface area contributed by atoms with E-state index in [9.17, 15) is 4.79 Å². The maximum Gasteiger partial charge on any atom is 0.317 e. The summed E-state index contributed by atoms with van der Waals surface area (Å²) < 4.78 is 0. The van der Waals surface area contributed by atoms with Gasteiger partial charge in [0.25, 0.3) is 0 Å². The molecule has 3 N–H and O–H groups in total. The number of piperidine rings is 1. The van der Waals surface area contributed by atoms with Gasteiger partial charge in [-0.2, -0.15) is 0 Å². The van der Waals surface area contributed by atoms with E-state index < -0.39 is 0 Å². The number of hydrogen-bond acceptors (Lipinski definition) is 2. The second kappa shape index (κ2) is 8.39. The number of carbonyl (C=O) groups excluding carboxylic acids is 1. The van der Waals surface area contributed by atoms with E-state index in [0.717, 1.165) is 58.3 Å². The molecule has 0 spiro atoms. The van der Waals surface area contributed by atoms with Gasteiger partial charge in [0.15, 0.2) is 0 Å². The number of unbranched alkanes of at least 4 members (excludes halogenated alkanes) is 3. The number of amides is 2. The topological polar surface area (TPSA) is 58.4 Å². The molecule has 0 aliphatic carbocycles. The molecule has 0 bridgehead atoms. The molecular formula is C12H25N3O. The van der Waals surface area contributed by atoms with Crippen molar-refractivity contribution >= 4 is 6.03 Å². The minimum Gasteiger partial charge on any atom is -0.338 e. The average Bonchev–Trinajstić information content (AvgIpc) is 2.34. The number of nitrogens with one attached hydrogen (secondary N) is 1. The quantitative estimate of drug-likeness (QED) is 0.679. The van der Waals surface area contributed by atoms with E-state index in [-0.39, 0.29) is 6.03 Å². The Morgan fingerprint density at radius 3 is 2.44 bits per heavy atom. The van der Waals surface area contributed by atoms with Crippen LogP contribution in [0.5, 0.6) is 0 Å². The van der Waals surface area contributed by atoms with E-state index in [4.69, 9.17) is 5.73 Å². The van der Waals surface area contributed by atoms with Crippen molar-refractivity contribution in [3.8, 4) is 0 Å². The molecule has 1 fully saturated rings. The summed E-state index contributed by atoms with van der Waals surface area (Å²) in [7, 11) is 0. The van der Waals surface area contributed by atoms with Gasteiger partial charge >= 0.3 is 6.03 Å². The lowest BCUT2D eigenvalue weighted by Crippen LogP contribution is -2.43. The predicted octanol–water partition coefficient (Wildman–Crippen LogP) is 1.70. The second-order valence-electron chi connectivity index (χ2n) is 4.48. The van der Waals surface area contributed by atoms with E-state index in [1.807, 2.05) is 4.90 Å². The van der Waals surface area contributed by atoms with Gasteiger partial charge in [0, 0.05) is 19.6 Å². The van der Waals surface area contributed by atoms with Crippen LogP contribution in [0, 0.1) is 0 Å². The summed E-state index contributed by atoms with van der Waals surface area (Å²) in [5.41, 5.74) is 5.41. The van der Waals surface area contributed by atoms with Gasteiger partial charge in [0.1, 0.15) is 0 Å². The van der Waals surface area contributed by atoms with Crippen molar-refractivity contribution in [1.82, 2.24) is 10.2 Å². The summed E-state index contributed by atoms with van der Waals surface area (Å²) in [6, 6.07) is 0.124. The number of urea groups is 1. The summed E-state index contributed by atoms with van der Waals surface area (Å²) in [6.07, 6.45) is 8.09. The Balaban J connectivity index is 1.97. The third-order valence-electron chi connectivity index (χ3n) is 3.05. The first-order chi connectivity index (χ1) is 7.84. The molecule has 0 aromatic rings. The molecule has 1 rings (SSSR count). The normalized spacial score (nSPS) is 16.2. The van der Waals surface area contributed by atoms with Crippen LogP contribution in [0.1, 0.15) is 44.9 Å². The Morgan fingerprint density at radius 2 is 1.75 bits per heavy atom. The minimum atomic E-state index is 0.124. The lowest BCUT2D eigenvalue weighted by Gasteiger charge is -2.26. The number of carbonyl (C=O) groups is 1. The Labute approximate surface area is 98.6 Å². The van der Waals surface area contributed by atoms with Crippen LogP contribution in [0.25, 0.3) is 0 Å². The third-order valence-corrected chi connectivity index (χ3v) is 3.05. The highest BCUT2D eigenvalue weighted by molar-refractivity contribution is 5.74. The van der Waals surface area contributed by atoms with Gasteiger partial charge in [-0.3, -0.25) is 0 Å². The predicted molar refractivity (Wildman–Crippen MR) is 66.3 cm³/mol. The van der Waals surface area contributed by atoms with Gasteiger partial charge in [-0.25, -0.2) is 4.79 Å². The molecule has 4 nitrogen and oxygen atoms in total. The van der Waals surface area contributed by atoms with Gasteiger partial charge in [-0.15, -0.1) is 0 Å². The van der Waals surface area contributed by atoms with Crippen LogP contribution in [-0.4, -0.2) is 37.1 Å². The van der Waals surface area contributed by atoms with E-state index in [1.165, 1.54) is 12.8 Å². The lowest BCUT2D eigenvalue weighted by molar-refractivity contribution is 0.186. The standard InChI is InChI=1S/C12H25N3O/c13-8-4-1-2-5-9-14-12(16)15-10-6-3-7-11-15/h1-11,13H2,(H,14,16). The van der Waals surface area contributed by atoms with E-state index >= 15 is 0 Å². The maximum absolute atomic E-state index is 11.7. The number of nitrogens with zero attached hydrogens (tertiary/aromatic N) is 1. The lowest BCUT2D eigenvalue weighted by atomic mass is 10.1. The van der Waals surface area contributed by atoms with E-state index in [1.54, 1.807) is 0 Å². The van der Waals surface area contributed by atoms with Crippen LogP contribution < -0.4 is 11.1 Å². The molecule has 0 unspecified atom stereocenters. The fraction of sp³-hybridized carbons (Fsp3) is 0.917. The molecule has 1 aliphatic rings. The third kappa shape index (κ3) is 5.35. The summed E-state index contributed by atoms with van der Waals surface area (Å²) in [6.45, 7) is 3.44. The second-order valence-corrected chi connectivity index (χ2v) is 4.48. The molecule has 4 heteroatoms. The van der Waals surface area contributed by atoms with Crippen molar-refractivity contribution in [3.05, 3.63) is 0 Å². The zero-order valence-electron chi connectivity index (χ0n) is 10.2. The van der Waals surface area contributed by atoms with Gasteiger partial charge < -0.3 is 16.0 Å². The molecule has 1 heterocycles. The molecule has 2 amide bonds. The molecule has 0 atom stereocenters. The Bertz CT molecular complexity index is 191. The van der Waals surface area contributed by atoms with Gasteiger partial charge in [0.05, 0.1) is 0 Å². The largest absolute Gasteiger partial charge is 0.338 e. The molecule has 1 saturated heterocycles. The highest BCUT2D eigenvalue weighted by Gasteiger charge is 2.15. The zero-order valence-corrected chi connectivity index (χ0v) is 10.2. The van der Waals surface area contributed by atoms with Crippen molar-refractivity contribution in [2.75, 3.05) is 26.2 Å². The van der Waals surface area contributed by atoms with Gasteiger partial charge in [-0.1, -0.05) is 12.8 Å². The monoisotopic (exact) mass is 227 g/mol. The van der Waals surface area contributed by atoms with Crippen molar-refractivity contribution < 1.29 is 4.79 Å². The minimum absolute atomic E-state index is 0.124. The fourth-order valence-electron chi connectivity index (χ4n) is 2.03. The molecule has 94 valence electrons. The first-order valence-electron chi connectivity index (χ1n) is 6.57. The van der Waals surface area contributed by atoms with Crippen LogP contribution in [0.2, 0.25) is 0 Å². The molecule has 0 aromatic heterocycles. The molecule has 0 radical (unpaired) electrons. The van der Waals surface area contributed by atoms with Crippen LogP contribution in [0.15, 0.2) is 0 Å². The summed E-state index contributed by atoms with van der Waals surface area (Å²) in [4.78, 5) is 13.6. The van der Waals surface area contributed by atoms with Gasteiger partial charge in [-0.05, 0) is 38.6 Å². The first-order valence-corrected chi connectivity index (χ1v) is 6.57. The van der Waals surface area contributed by atoms with Crippen LogP contribution in [-0.2, 0) is 0 Å². The summed E-state index contributed by atoms with van der Waals surface area (Å²) in [5, 5.41) is 2.99. The van der Waals surface area contributed by atoms with E-state index in [2.05, 4.69) is 5.32 Å². The molecular weight excluding hydrogens is 202 g/mol. The fourth-order valence-corrected chi connectivity index (χ4v) is 2.03. The number of hydrogen-bond donors (Lipinski definition) is 2. The van der Waals surface area contributed by atoms with Crippen molar-refractivity contribution in [3.63, 3.8) is 0 Å². The van der Waals surface area contributed by atoms with Gasteiger partial charge in [0.2, 0.25) is 0 Å². The summed E-state index contributed by atoms with van der Waals surface area (Å²) in [5.74, 6) is 0. The SMILES string of the molecule is NCCCCCCNC(=O)N1CCCCC1. The maximum atomic E-state index is 11.7. The molecule has 16 heavy (non-hydrogen) atoms.